The number of nitro benzene ring substituents is 1. The van der Waals surface area contributed by atoms with Crippen LogP contribution in [0.1, 0.15) is 15.9 Å². The molecule has 108 valence electrons. The number of ether oxygens (including phenoxy) is 1. The molecule has 6 nitrogen and oxygen atoms in total. The molecule has 7 heteroatoms. The van der Waals surface area contributed by atoms with Crippen LogP contribution >= 0.6 is 11.6 Å². The van der Waals surface area contributed by atoms with Crippen LogP contribution in [0.15, 0.2) is 42.5 Å². The molecule has 0 aromatic heterocycles. The second kappa shape index (κ2) is 6.23. The molecule has 0 radical (unpaired) electrons. The van der Waals surface area contributed by atoms with E-state index in [0.717, 1.165) is 11.6 Å². The van der Waals surface area contributed by atoms with Crippen molar-refractivity contribution in [2.75, 3.05) is 0 Å². The van der Waals surface area contributed by atoms with Crippen molar-refractivity contribution in [2.24, 2.45) is 0 Å². The third-order valence-corrected chi connectivity index (χ3v) is 2.96. The number of non-ortho nitro benzene ring substituents is 1. The molecule has 1 N–H and O–H groups in total. The zero-order chi connectivity index (χ0) is 15.4. The fraction of sp³-hybridized carbons (Fsp3) is 0.0714. The van der Waals surface area contributed by atoms with Gasteiger partial charge in [0, 0.05) is 17.2 Å². The van der Waals surface area contributed by atoms with Crippen molar-refractivity contribution in [1.82, 2.24) is 0 Å². The van der Waals surface area contributed by atoms with E-state index in [2.05, 4.69) is 0 Å². The molecule has 0 amide bonds. The maximum absolute atomic E-state index is 11.1. The van der Waals surface area contributed by atoms with Gasteiger partial charge in [0.05, 0.1) is 4.92 Å². The standard InChI is InChI=1S/C14H10ClNO5/c15-10-3-1-9(2-4-10)8-21-13-6-5-11(16(19)20)7-12(13)14(17)18/h1-7H,8H2,(H,17,18). The van der Waals surface area contributed by atoms with Gasteiger partial charge < -0.3 is 9.84 Å². The maximum atomic E-state index is 11.1. The summed E-state index contributed by atoms with van der Waals surface area (Å²) in [6.45, 7) is 0.134. The first-order valence-corrected chi connectivity index (χ1v) is 6.24. The molecule has 2 rings (SSSR count). The van der Waals surface area contributed by atoms with Crippen molar-refractivity contribution >= 4 is 23.3 Å². The van der Waals surface area contributed by atoms with Crippen molar-refractivity contribution in [1.29, 1.82) is 0 Å². The van der Waals surface area contributed by atoms with Crippen LogP contribution in [-0.2, 0) is 6.61 Å². The number of carboxylic acid groups (broad SMARTS) is 1. The Balaban J connectivity index is 2.21. The molecule has 0 fully saturated rings. The van der Waals surface area contributed by atoms with Gasteiger partial charge in [0.1, 0.15) is 17.9 Å². The number of hydrogen-bond donors (Lipinski definition) is 1. The average molecular weight is 308 g/mol. The van der Waals surface area contributed by atoms with Crippen LogP contribution in [0.4, 0.5) is 5.69 Å². The predicted molar refractivity (Wildman–Crippen MR) is 75.8 cm³/mol. The van der Waals surface area contributed by atoms with Gasteiger partial charge >= 0.3 is 5.97 Å². The number of rotatable bonds is 5. The summed E-state index contributed by atoms with van der Waals surface area (Å²) < 4.78 is 5.41. The quantitative estimate of drug-likeness (QED) is 0.674. The largest absolute Gasteiger partial charge is 0.488 e. The van der Waals surface area contributed by atoms with Crippen LogP contribution in [0.3, 0.4) is 0 Å². The summed E-state index contributed by atoms with van der Waals surface area (Å²) in [4.78, 5) is 21.1. The van der Waals surface area contributed by atoms with Crippen molar-refractivity contribution in [3.63, 3.8) is 0 Å². The lowest BCUT2D eigenvalue weighted by molar-refractivity contribution is -0.384. The van der Waals surface area contributed by atoms with E-state index >= 15 is 0 Å². The van der Waals surface area contributed by atoms with Crippen LogP contribution in [0.25, 0.3) is 0 Å². The number of aromatic carboxylic acids is 1. The lowest BCUT2D eigenvalue weighted by atomic mass is 10.1. The Hall–Kier alpha value is -2.60. The first-order chi connectivity index (χ1) is 9.97. The molecular weight excluding hydrogens is 298 g/mol. The fourth-order valence-corrected chi connectivity index (χ4v) is 1.79. The fourth-order valence-electron chi connectivity index (χ4n) is 1.67. The van der Waals surface area contributed by atoms with Gasteiger partial charge in [-0.2, -0.15) is 0 Å². The molecule has 0 spiro atoms. The van der Waals surface area contributed by atoms with Crippen molar-refractivity contribution in [3.8, 4) is 5.75 Å². The Morgan fingerprint density at radius 1 is 1.24 bits per heavy atom. The topological polar surface area (TPSA) is 89.7 Å². The molecule has 2 aromatic rings. The second-order valence-electron chi connectivity index (χ2n) is 4.16. The van der Waals surface area contributed by atoms with E-state index in [9.17, 15) is 14.9 Å². The number of carbonyl (C=O) groups is 1. The highest BCUT2D eigenvalue weighted by molar-refractivity contribution is 6.30. The molecule has 21 heavy (non-hydrogen) atoms. The Kier molecular flexibility index (Phi) is 4.39. The third-order valence-electron chi connectivity index (χ3n) is 2.71. The van der Waals surface area contributed by atoms with E-state index < -0.39 is 10.9 Å². The molecule has 0 unspecified atom stereocenters. The van der Waals surface area contributed by atoms with Crippen molar-refractivity contribution in [2.45, 2.75) is 6.61 Å². The number of benzene rings is 2. The summed E-state index contributed by atoms with van der Waals surface area (Å²) in [6.07, 6.45) is 0. The first-order valence-electron chi connectivity index (χ1n) is 5.86. The number of halogens is 1. The minimum absolute atomic E-state index is 0.0723. The normalized spacial score (nSPS) is 10.1. The molecule has 0 aliphatic rings. The SMILES string of the molecule is O=C(O)c1cc([N+](=O)[O-])ccc1OCc1ccc(Cl)cc1. The van der Waals surface area contributed by atoms with Crippen LogP contribution in [0.5, 0.6) is 5.75 Å². The molecule has 0 aliphatic carbocycles. The number of nitrogens with zero attached hydrogens (tertiary/aromatic N) is 1. The van der Waals surface area contributed by atoms with Gasteiger partial charge in [-0.1, -0.05) is 23.7 Å². The summed E-state index contributed by atoms with van der Waals surface area (Å²) in [5, 5.41) is 20.3. The Labute approximate surface area is 124 Å². The molecule has 0 saturated heterocycles. The number of nitro groups is 1. The highest BCUT2D eigenvalue weighted by atomic mass is 35.5. The molecular formula is C14H10ClNO5. The Morgan fingerprint density at radius 2 is 1.90 bits per heavy atom. The lowest BCUT2D eigenvalue weighted by Gasteiger charge is -2.09. The van der Waals surface area contributed by atoms with Gasteiger partial charge in [0.15, 0.2) is 0 Å². The highest BCUT2D eigenvalue weighted by Gasteiger charge is 2.17. The van der Waals surface area contributed by atoms with Gasteiger partial charge in [-0.3, -0.25) is 10.1 Å². The Morgan fingerprint density at radius 3 is 2.48 bits per heavy atom. The molecule has 0 bridgehead atoms. The highest BCUT2D eigenvalue weighted by Crippen LogP contribution is 2.25. The minimum Gasteiger partial charge on any atom is -0.488 e. The first kappa shape index (κ1) is 14.8. The molecule has 0 saturated carbocycles. The predicted octanol–water partition coefficient (Wildman–Crippen LogP) is 3.53. The van der Waals surface area contributed by atoms with E-state index in [4.69, 9.17) is 21.4 Å². The van der Waals surface area contributed by atoms with Crippen LogP contribution in [-0.4, -0.2) is 16.0 Å². The molecule has 0 aliphatic heterocycles. The smallest absolute Gasteiger partial charge is 0.339 e. The summed E-state index contributed by atoms with van der Waals surface area (Å²) in [7, 11) is 0. The van der Waals surface area contributed by atoms with E-state index in [1.807, 2.05) is 0 Å². The van der Waals surface area contributed by atoms with Gasteiger partial charge in [-0.25, -0.2) is 4.79 Å². The van der Waals surface area contributed by atoms with E-state index in [0.29, 0.717) is 5.02 Å². The molecule has 2 aromatic carbocycles. The second-order valence-corrected chi connectivity index (χ2v) is 4.59. The zero-order valence-corrected chi connectivity index (χ0v) is 11.4. The molecule has 0 heterocycles. The van der Waals surface area contributed by atoms with E-state index in [-0.39, 0.29) is 23.6 Å². The Bertz CT molecular complexity index is 684. The summed E-state index contributed by atoms with van der Waals surface area (Å²) >= 11 is 5.76. The summed E-state index contributed by atoms with van der Waals surface area (Å²) in [5.41, 5.74) is 0.249. The van der Waals surface area contributed by atoms with Gasteiger partial charge in [-0.15, -0.1) is 0 Å². The monoisotopic (exact) mass is 307 g/mol. The lowest BCUT2D eigenvalue weighted by Crippen LogP contribution is -2.04. The van der Waals surface area contributed by atoms with Crippen LogP contribution in [0, 0.1) is 10.1 Å². The van der Waals surface area contributed by atoms with Gasteiger partial charge in [-0.05, 0) is 23.8 Å². The van der Waals surface area contributed by atoms with Crippen LogP contribution in [0.2, 0.25) is 5.02 Å². The van der Waals surface area contributed by atoms with Crippen molar-refractivity contribution in [3.05, 3.63) is 68.7 Å². The zero-order valence-electron chi connectivity index (χ0n) is 10.7. The van der Waals surface area contributed by atoms with Crippen molar-refractivity contribution < 1.29 is 19.6 Å². The number of hydrogen-bond acceptors (Lipinski definition) is 4. The number of carboxylic acids is 1. The summed E-state index contributed by atoms with van der Waals surface area (Å²) in [6, 6.07) is 10.3. The van der Waals surface area contributed by atoms with Gasteiger partial charge in [0.25, 0.3) is 5.69 Å². The average Bonchev–Trinajstić information content (AvgIpc) is 2.46. The van der Waals surface area contributed by atoms with Gasteiger partial charge in [0.2, 0.25) is 0 Å². The van der Waals surface area contributed by atoms with E-state index in [1.165, 1.54) is 12.1 Å². The summed E-state index contributed by atoms with van der Waals surface area (Å²) in [5.74, 6) is -1.21. The molecule has 0 atom stereocenters. The third kappa shape index (κ3) is 3.70. The van der Waals surface area contributed by atoms with Crippen LogP contribution < -0.4 is 4.74 Å². The van der Waals surface area contributed by atoms with E-state index in [1.54, 1.807) is 24.3 Å². The minimum atomic E-state index is -1.29. The maximum Gasteiger partial charge on any atom is 0.339 e.